The zero-order valence-corrected chi connectivity index (χ0v) is 5.68. The van der Waals surface area contributed by atoms with Gasteiger partial charge < -0.3 is 4.79 Å². The average Bonchev–Trinajstić information content (AvgIpc) is 1.83. The Balaban J connectivity index is 2.97. The van der Waals surface area contributed by atoms with Crippen LogP contribution in [-0.4, -0.2) is 6.29 Å². The number of hydrogen-bond donors (Lipinski definition) is 0. The van der Waals surface area contributed by atoms with Gasteiger partial charge >= 0.3 is 0 Å². The summed E-state index contributed by atoms with van der Waals surface area (Å²) in [6.07, 6.45) is 3.97. The standard InChI is InChI=1S/C7H14O/c1-3-7(2)5-4-6-8/h6-7H,3-5H2,1-2H3. The van der Waals surface area contributed by atoms with Gasteiger partial charge in [0.25, 0.3) is 0 Å². The molecule has 0 radical (unpaired) electrons. The fourth-order valence-corrected chi connectivity index (χ4v) is 0.557. The van der Waals surface area contributed by atoms with E-state index in [1.165, 1.54) is 6.42 Å². The molecule has 0 aromatic rings. The first kappa shape index (κ1) is 7.67. The molecular weight excluding hydrogens is 100 g/mol. The fraction of sp³-hybridized carbons (Fsp3) is 0.857. The van der Waals surface area contributed by atoms with E-state index in [9.17, 15) is 4.79 Å². The molecule has 0 spiro atoms. The lowest BCUT2D eigenvalue weighted by Gasteiger charge is -2.02. The van der Waals surface area contributed by atoms with Gasteiger partial charge in [0.05, 0.1) is 0 Å². The number of aldehydes is 1. The maximum Gasteiger partial charge on any atom is 0.120 e. The van der Waals surface area contributed by atoms with Crippen LogP contribution in [-0.2, 0) is 4.79 Å². The van der Waals surface area contributed by atoms with E-state index in [-0.39, 0.29) is 0 Å². The number of carbonyl (C=O) groups excluding carboxylic acids is 1. The van der Waals surface area contributed by atoms with Gasteiger partial charge in [-0.15, -0.1) is 0 Å². The lowest BCUT2D eigenvalue weighted by atomic mass is 10.0. The third kappa shape index (κ3) is 3.85. The Morgan fingerprint density at radius 2 is 2.25 bits per heavy atom. The summed E-state index contributed by atoms with van der Waals surface area (Å²) >= 11 is 0. The van der Waals surface area contributed by atoms with Crippen molar-refractivity contribution >= 4 is 6.29 Å². The first-order valence-electron chi connectivity index (χ1n) is 3.24. The van der Waals surface area contributed by atoms with Crippen molar-refractivity contribution in [3.8, 4) is 0 Å². The Labute approximate surface area is 51.1 Å². The molecule has 0 aromatic carbocycles. The van der Waals surface area contributed by atoms with Gasteiger partial charge in [0.15, 0.2) is 0 Å². The van der Waals surface area contributed by atoms with Crippen LogP contribution < -0.4 is 0 Å². The molecule has 0 heterocycles. The van der Waals surface area contributed by atoms with Crippen LogP contribution in [0.5, 0.6) is 0 Å². The summed E-state index contributed by atoms with van der Waals surface area (Å²) in [6.45, 7) is 4.32. The summed E-state index contributed by atoms with van der Waals surface area (Å²) < 4.78 is 0. The van der Waals surface area contributed by atoms with Gasteiger partial charge in [-0.25, -0.2) is 0 Å². The summed E-state index contributed by atoms with van der Waals surface area (Å²) in [5.74, 6) is 0.722. The lowest BCUT2D eigenvalue weighted by molar-refractivity contribution is -0.108. The third-order valence-corrected chi connectivity index (χ3v) is 1.47. The Kier molecular flexibility index (Phi) is 4.62. The van der Waals surface area contributed by atoms with E-state index in [0.717, 1.165) is 25.0 Å². The van der Waals surface area contributed by atoms with E-state index >= 15 is 0 Å². The topological polar surface area (TPSA) is 17.1 Å². The van der Waals surface area contributed by atoms with Crippen LogP contribution >= 0.6 is 0 Å². The van der Waals surface area contributed by atoms with Crippen molar-refractivity contribution in [2.24, 2.45) is 5.92 Å². The van der Waals surface area contributed by atoms with Crippen LogP contribution in [0.1, 0.15) is 33.1 Å². The van der Waals surface area contributed by atoms with Gasteiger partial charge in [0.1, 0.15) is 6.29 Å². The Bertz CT molecular complexity index is 59.4. The summed E-state index contributed by atoms with van der Waals surface area (Å²) in [5, 5.41) is 0. The van der Waals surface area contributed by atoms with Gasteiger partial charge in [-0.2, -0.15) is 0 Å². The van der Waals surface area contributed by atoms with E-state index in [1.807, 2.05) is 0 Å². The molecule has 0 fully saturated rings. The minimum Gasteiger partial charge on any atom is -0.303 e. The molecule has 0 saturated carbocycles. The SMILES string of the molecule is CCC(C)CCC=O. The molecule has 0 saturated heterocycles. The zero-order chi connectivity index (χ0) is 6.41. The van der Waals surface area contributed by atoms with Gasteiger partial charge in [-0.3, -0.25) is 0 Å². The molecule has 0 N–H and O–H groups in total. The lowest BCUT2D eigenvalue weighted by Crippen LogP contribution is -1.91. The molecule has 48 valence electrons. The third-order valence-electron chi connectivity index (χ3n) is 1.47. The quantitative estimate of drug-likeness (QED) is 0.511. The predicted molar refractivity (Wildman–Crippen MR) is 34.8 cm³/mol. The molecular formula is C7H14O. The predicted octanol–water partition coefficient (Wildman–Crippen LogP) is 2.01. The van der Waals surface area contributed by atoms with Gasteiger partial charge in [0.2, 0.25) is 0 Å². The molecule has 0 aliphatic heterocycles. The molecule has 0 aromatic heterocycles. The second kappa shape index (κ2) is 4.82. The normalized spacial score (nSPS) is 13.2. The number of carbonyl (C=O) groups is 1. The molecule has 0 rings (SSSR count). The van der Waals surface area contributed by atoms with Crippen LogP contribution in [0, 0.1) is 5.92 Å². The first-order valence-corrected chi connectivity index (χ1v) is 3.24. The number of rotatable bonds is 4. The van der Waals surface area contributed by atoms with Crippen molar-refractivity contribution in [3.05, 3.63) is 0 Å². The van der Waals surface area contributed by atoms with Crippen LogP contribution in [0.2, 0.25) is 0 Å². The largest absolute Gasteiger partial charge is 0.303 e. The van der Waals surface area contributed by atoms with Crippen molar-refractivity contribution in [1.29, 1.82) is 0 Å². The van der Waals surface area contributed by atoms with Gasteiger partial charge in [0, 0.05) is 6.42 Å². The maximum atomic E-state index is 9.83. The molecule has 1 unspecified atom stereocenters. The van der Waals surface area contributed by atoms with Gasteiger partial charge in [-0.1, -0.05) is 20.3 Å². The highest BCUT2D eigenvalue weighted by Gasteiger charge is 1.94. The first-order chi connectivity index (χ1) is 3.81. The highest BCUT2D eigenvalue weighted by atomic mass is 16.1. The minimum atomic E-state index is 0.722. The van der Waals surface area contributed by atoms with Crippen molar-refractivity contribution in [2.75, 3.05) is 0 Å². The molecule has 8 heavy (non-hydrogen) atoms. The van der Waals surface area contributed by atoms with Crippen LogP contribution in [0.25, 0.3) is 0 Å². The fourth-order valence-electron chi connectivity index (χ4n) is 0.557. The van der Waals surface area contributed by atoms with Crippen LogP contribution in [0.4, 0.5) is 0 Å². The smallest absolute Gasteiger partial charge is 0.120 e. The van der Waals surface area contributed by atoms with E-state index < -0.39 is 0 Å². The number of hydrogen-bond acceptors (Lipinski definition) is 1. The molecule has 1 heteroatoms. The van der Waals surface area contributed by atoms with E-state index in [2.05, 4.69) is 13.8 Å². The second-order valence-corrected chi connectivity index (χ2v) is 2.26. The zero-order valence-electron chi connectivity index (χ0n) is 5.68. The Morgan fingerprint density at radius 3 is 2.62 bits per heavy atom. The summed E-state index contributed by atoms with van der Waals surface area (Å²) in [4.78, 5) is 9.83. The summed E-state index contributed by atoms with van der Waals surface area (Å²) in [5.41, 5.74) is 0. The van der Waals surface area contributed by atoms with Crippen LogP contribution in [0.3, 0.4) is 0 Å². The minimum absolute atomic E-state index is 0.722. The molecule has 0 aliphatic rings. The molecule has 1 atom stereocenters. The highest BCUT2D eigenvalue weighted by molar-refractivity contribution is 5.49. The maximum absolute atomic E-state index is 9.83. The van der Waals surface area contributed by atoms with E-state index in [0.29, 0.717) is 0 Å². The van der Waals surface area contributed by atoms with E-state index in [4.69, 9.17) is 0 Å². The van der Waals surface area contributed by atoms with Gasteiger partial charge in [-0.05, 0) is 12.3 Å². The van der Waals surface area contributed by atoms with Crippen molar-refractivity contribution in [1.82, 2.24) is 0 Å². The van der Waals surface area contributed by atoms with Crippen LogP contribution in [0.15, 0.2) is 0 Å². The Morgan fingerprint density at radius 1 is 1.62 bits per heavy atom. The Hall–Kier alpha value is -0.330. The molecule has 1 nitrogen and oxygen atoms in total. The molecule has 0 aliphatic carbocycles. The summed E-state index contributed by atoms with van der Waals surface area (Å²) in [7, 11) is 0. The van der Waals surface area contributed by atoms with E-state index in [1.54, 1.807) is 0 Å². The average molecular weight is 114 g/mol. The monoisotopic (exact) mass is 114 g/mol. The van der Waals surface area contributed by atoms with Crippen molar-refractivity contribution in [2.45, 2.75) is 33.1 Å². The molecule has 0 bridgehead atoms. The summed E-state index contributed by atoms with van der Waals surface area (Å²) in [6, 6.07) is 0. The second-order valence-electron chi connectivity index (χ2n) is 2.26. The van der Waals surface area contributed by atoms with Crippen molar-refractivity contribution < 1.29 is 4.79 Å². The van der Waals surface area contributed by atoms with Crippen molar-refractivity contribution in [3.63, 3.8) is 0 Å². The highest BCUT2D eigenvalue weighted by Crippen LogP contribution is 2.06. The molecule has 0 amide bonds.